The van der Waals surface area contributed by atoms with Gasteiger partial charge in [0.25, 0.3) is 0 Å². The third kappa shape index (κ3) is 12.8. The first-order valence-electron chi connectivity index (χ1n) is 20.5. The van der Waals surface area contributed by atoms with E-state index >= 15 is 0 Å². The molecule has 2 aromatic heterocycles. The Hall–Kier alpha value is -5.48. The maximum atomic E-state index is 12.4. The lowest BCUT2D eigenvalue weighted by molar-refractivity contribution is -0.136. The number of hydrogen-bond acceptors (Lipinski definition) is 12. The average Bonchev–Trinajstić information content (AvgIpc) is 3.75. The molecule has 0 saturated carbocycles. The minimum Gasteiger partial charge on any atom is -0.494 e. The van der Waals surface area contributed by atoms with Gasteiger partial charge in [-0.05, 0) is 100 Å². The van der Waals surface area contributed by atoms with Gasteiger partial charge in [-0.1, -0.05) is 37.1 Å². The molecule has 6 rings (SSSR count). The van der Waals surface area contributed by atoms with Crippen molar-refractivity contribution in [3.8, 4) is 11.5 Å². The van der Waals surface area contributed by atoms with E-state index in [0.717, 1.165) is 50.8 Å². The van der Waals surface area contributed by atoms with Gasteiger partial charge >= 0.3 is 11.9 Å². The summed E-state index contributed by atoms with van der Waals surface area (Å²) in [5.74, 6) is 0.165. The summed E-state index contributed by atoms with van der Waals surface area (Å²) < 4.78 is 15.0. The maximum Gasteiger partial charge on any atom is 0.332 e. The predicted octanol–water partition coefficient (Wildman–Crippen LogP) is 4.93. The first kappa shape index (κ1) is 42.1. The number of nitrogens with zero attached hydrogens (tertiary/aromatic N) is 8. The Morgan fingerprint density at radius 3 is 1.45 bits per heavy atom. The van der Waals surface area contributed by atoms with Crippen LogP contribution in [0.15, 0.2) is 59.7 Å². The predicted molar refractivity (Wildman–Crippen MR) is 220 cm³/mol. The molecule has 0 unspecified atom stereocenters. The lowest BCUT2D eigenvalue weighted by Crippen LogP contribution is -2.29. The van der Waals surface area contributed by atoms with Crippen LogP contribution in [0.1, 0.15) is 74.1 Å². The fourth-order valence-corrected chi connectivity index (χ4v) is 7.42. The molecule has 0 bridgehead atoms. The molecule has 0 radical (unpaired) electrons. The normalized spacial score (nSPS) is 15.5. The number of rotatable bonds is 22. The standard InChI is InChI=1S/C42H58N10O6/c1-49-41(43-17-11-23-57-33-15-9-13-31(25-33)29-51-19-5-3-6-20-51)45-37(47-49)27-35(39(53)54)36(40(55)56)28-38-46-42(50(2)48-38)44-18-12-24-58-34-16-10-14-32(26-34)30-52-21-7-4-8-22-52/h9-10,13-16,25-26H,3-8,11-12,17-24,27-30H2,1-2H3,(H,53,54)(H,55,56)(H,43,45,47)(H,44,46,48)/b36-35+. The number of carboxylic acid groups (broad SMARTS) is 2. The summed E-state index contributed by atoms with van der Waals surface area (Å²) in [7, 11) is 3.39. The highest BCUT2D eigenvalue weighted by atomic mass is 16.5. The lowest BCUT2D eigenvalue weighted by atomic mass is 10.0. The Kier molecular flexibility index (Phi) is 15.5. The lowest BCUT2D eigenvalue weighted by Gasteiger charge is -2.26. The van der Waals surface area contributed by atoms with Gasteiger partial charge in [0.15, 0.2) is 11.6 Å². The Morgan fingerprint density at radius 2 is 1.05 bits per heavy atom. The SMILES string of the molecule is Cn1nc(C/C(C(=O)O)=C(/Cc2nc(NCCCOc3cccc(CN4CCCCC4)c3)n(C)n2)C(=O)O)nc1NCCCOc1cccc(CN2CCCCC2)c1. The summed E-state index contributed by atoms with van der Waals surface area (Å²) in [6, 6.07) is 16.5. The number of anilines is 2. The third-order valence-corrected chi connectivity index (χ3v) is 10.4. The monoisotopic (exact) mass is 798 g/mol. The Labute approximate surface area is 340 Å². The van der Waals surface area contributed by atoms with Crippen LogP contribution < -0.4 is 20.1 Å². The van der Waals surface area contributed by atoms with E-state index < -0.39 is 11.9 Å². The molecule has 58 heavy (non-hydrogen) atoms. The van der Waals surface area contributed by atoms with Gasteiger partial charge < -0.3 is 30.3 Å². The van der Waals surface area contributed by atoms with E-state index in [9.17, 15) is 19.8 Å². The molecular weight excluding hydrogens is 741 g/mol. The Morgan fingerprint density at radius 1 is 0.638 bits per heavy atom. The third-order valence-electron chi connectivity index (χ3n) is 10.4. The van der Waals surface area contributed by atoms with Crippen molar-refractivity contribution in [2.45, 2.75) is 77.3 Å². The van der Waals surface area contributed by atoms with Crippen molar-refractivity contribution in [1.82, 2.24) is 39.3 Å². The van der Waals surface area contributed by atoms with Crippen molar-refractivity contribution in [1.29, 1.82) is 0 Å². The number of ether oxygens (including phenoxy) is 2. The van der Waals surface area contributed by atoms with E-state index in [1.165, 1.54) is 59.0 Å². The number of benzene rings is 2. The minimum absolute atomic E-state index is 0.176. The van der Waals surface area contributed by atoms with Crippen LogP contribution in [0.3, 0.4) is 0 Å². The fourth-order valence-electron chi connectivity index (χ4n) is 7.42. The van der Waals surface area contributed by atoms with Crippen molar-refractivity contribution >= 4 is 23.8 Å². The molecule has 0 spiro atoms. The van der Waals surface area contributed by atoms with Crippen LogP contribution in [0.2, 0.25) is 0 Å². The van der Waals surface area contributed by atoms with Gasteiger partial charge in [0.1, 0.15) is 11.5 Å². The maximum absolute atomic E-state index is 12.4. The second kappa shape index (κ2) is 21.3. The van der Waals surface area contributed by atoms with Crippen LogP contribution in [0.5, 0.6) is 11.5 Å². The van der Waals surface area contributed by atoms with E-state index in [-0.39, 0.29) is 35.6 Å². The molecule has 2 fully saturated rings. The second-order valence-electron chi connectivity index (χ2n) is 15.1. The van der Waals surface area contributed by atoms with Gasteiger partial charge in [-0.3, -0.25) is 9.80 Å². The molecule has 2 aromatic carbocycles. The number of carboxylic acids is 2. The second-order valence-corrected chi connectivity index (χ2v) is 15.1. The largest absolute Gasteiger partial charge is 0.494 e. The highest BCUT2D eigenvalue weighted by Gasteiger charge is 2.25. The average molecular weight is 799 g/mol. The molecule has 2 saturated heterocycles. The molecule has 0 atom stereocenters. The smallest absolute Gasteiger partial charge is 0.332 e. The summed E-state index contributed by atoms with van der Waals surface area (Å²) in [5.41, 5.74) is 1.83. The van der Waals surface area contributed by atoms with Crippen LogP contribution in [0.25, 0.3) is 0 Å². The fraction of sp³-hybridized carbons (Fsp3) is 0.524. The molecular formula is C42H58N10O6. The molecule has 0 amide bonds. The number of nitrogens with one attached hydrogen (secondary N) is 2. The molecule has 0 aliphatic carbocycles. The number of aliphatic carboxylic acids is 2. The summed E-state index contributed by atoms with van der Waals surface area (Å²) in [6.45, 7) is 8.53. The molecule has 312 valence electrons. The number of hydrogen-bond donors (Lipinski definition) is 4. The number of piperidine rings is 2. The van der Waals surface area contributed by atoms with Gasteiger partial charge in [0, 0.05) is 53.1 Å². The van der Waals surface area contributed by atoms with Gasteiger partial charge in [-0.15, -0.1) is 0 Å². The molecule has 16 heteroatoms. The quantitative estimate of drug-likeness (QED) is 0.0620. The van der Waals surface area contributed by atoms with Gasteiger partial charge in [0.05, 0.1) is 24.4 Å². The molecule has 4 aromatic rings. The Bertz CT molecular complexity index is 1840. The molecule has 2 aliphatic heterocycles. The van der Waals surface area contributed by atoms with Crippen molar-refractivity contribution < 1.29 is 29.3 Å². The van der Waals surface area contributed by atoms with Crippen LogP contribution in [0.4, 0.5) is 11.9 Å². The number of likely N-dealkylation sites (tertiary alicyclic amines) is 2. The zero-order valence-corrected chi connectivity index (χ0v) is 33.9. The first-order chi connectivity index (χ1) is 28.2. The van der Waals surface area contributed by atoms with Crippen LogP contribution in [-0.4, -0.2) is 114 Å². The number of aromatic nitrogens is 6. The highest BCUT2D eigenvalue weighted by Crippen LogP contribution is 2.21. The van der Waals surface area contributed by atoms with E-state index in [4.69, 9.17) is 9.47 Å². The van der Waals surface area contributed by atoms with Crippen molar-refractivity contribution in [3.63, 3.8) is 0 Å². The van der Waals surface area contributed by atoms with E-state index in [1.54, 1.807) is 14.1 Å². The van der Waals surface area contributed by atoms with E-state index in [1.807, 2.05) is 24.3 Å². The van der Waals surface area contributed by atoms with Crippen LogP contribution in [0, 0.1) is 0 Å². The van der Waals surface area contributed by atoms with Crippen LogP contribution >= 0.6 is 0 Å². The zero-order chi connectivity index (χ0) is 40.7. The summed E-state index contributed by atoms with van der Waals surface area (Å²) >= 11 is 0. The molecule has 16 nitrogen and oxygen atoms in total. The molecule has 4 heterocycles. The van der Waals surface area contributed by atoms with Gasteiger partial charge in [0.2, 0.25) is 11.9 Å². The summed E-state index contributed by atoms with van der Waals surface area (Å²) in [4.78, 5) is 38.7. The molecule has 4 N–H and O–H groups in total. The highest BCUT2D eigenvalue weighted by molar-refractivity contribution is 5.99. The topological polar surface area (TPSA) is 185 Å². The van der Waals surface area contributed by atoms with Gasteiger partial charge in [-0.2, -0.15) is 20.2 Å². The number of carbonyl (C=O) groups is 2. The van der Waals surface area contributed by atoms with E-state index in [2.05, 4.69) is 64.9 Å². The summed E-state index contributed by atoms with van der Waals surface area (Å²) in [6.07, 6.45) is 8.46. The summed E-state index contributed by atoms with van der Waals surface area (Å²) in [5, 5.41) is 35.4. The minimum atomic E-state index is -1.37. The number of aryl methyl sites for hydroxylation is 2. The van der Waals surface area contributed by atoms with Crippen LogP contribution in [-0.2, 0) is 49.6 Å². The van der Waals surface area contributed by atoms with Gasteiger partial charge in [-0.25, -0.2) is 19.0 Å². The molecule has 2 aliphatic rings. The van der Waals surface area contributed by atoms with Crippen molar-refractivity contribution in [3.05, 3.63) is 82.5 Å². The van der Waals surface area contributed by atoms with E-state index in [0.29, 0.717) is 51.0 Å². The Balaban J connectivity index is 0.959. The van der Waals surface area contributed by atoms with Crippen molar-refractivity contribution in [2.24, 2.45) is 14.1 Å². The van der Waals surface area contributed by atoms with Crippen molar-refractivity contribution in [2.75, 3.05) is 63.1 Å². The zero-order valence-electron chi connectivity index (χ0n) is 33.9. The first-order valence-corrected chi connectivity index (χ1v) is 20.5.